The number of sulfonamides is 1. The molecule has 0 atom stereocenters. The normalized spacial score (nSPS) is 11.4. The molecule has 0 amide bonds. The van der Waals surface area contributed by atoms with Gasteiger partial charge in [-0.2, -0.15) is 0 Å². The first-order valence-corrected chi connectivity index (χ1v) is 11.5. The molecule has 0 saturated carbocycles. The summed E-state index contributed by atoms with van der Waals surface area (Å²) >= 11 is 0. The van der Waals surface area contributed by atoms with Crippen molar-refractivity contribution in [3.05, 3.63) is 89.5 Å². The lowest BCUT2D eigenvalue weighted by molar-refractivity contribution is 0.413. The van der Waals surface area contributed by atoms with Crippen LogP contribution < -0.4 is 18.9 Å². The van der Waals surface area contributed by atoms with Crippen molar-refractivity contribution in [2.45, 2.75) is 12.5 Å². The summed E-state index contributed by atoms with van der Waals surface area (Å²) in [5, 5.41) is 0. The lowest BCUT2D eigenvalue weighted by atomic mass is 9.99. The number of methoxy groups -OCH3 is 3. The van der Waals surface area contributed by atoms with Crippen LogP contribution in [-0.2, 0) is 16.4 Å². The SMILES string of the molecule is COc1ccc(CCS(=O)(=O)NC(c2cccc(OC)c2)c2cccc(OC)c2)cc1. The molecule has 0 unspecified atom stereocenters. The Labute approximate surface area is 183 Å². The quantitative estimate of drug-likeness (QED) is 0.515. The summed E-state index contributed by atoms with van der Waals surface area (Å²) in [6, 6.07) is 21.5. The van der Waals surface area contributed by atoms with E-state index >= 15 is 0 Å². The predicted octanol–water partition coefficient (Wildman–Crippen LogP) is 3.96. The number of benzene rings is 3. The maximum atomic E-state index is 13.0. The molecule has 0 aliphatic heterocycles. The van der Waals surface area contributed by atoms with Crippen LogP contribution in [0.2, 0.25) is 0 Å². The van der Waals surface area contributed by atoms with Crippen molar-refractivity contribution in [2.75, 3.05) is 27.1 Å². The van der Waals surface area contributed by atoms with Crippen LogP contribution in [0.15, 0.2) is 72.8 Å². The van der Waals surface area contributed by atoms with Crippen LogP contribution >= 0.6 is 0 Å². The predicted molar refractivity (Wildman–Crippen MR) is 121 cm³/mol. The van der Waals surface area contributed by atoms with Crippen LogP contribution in [0, 0.1) is 0 Å². The van der Waals surface area contributed by atoms with Gasteiger partial charge in [0.1, 0.15) is 17.2 Å². The lowest BCUT2D eigenvalue weighted by Crippen LogP contribution is -2.32. The van der Waals surface area contributed by atoms with E-state index in [4.69, 9.17) is 14.2 Å². The molecule has 0 saturated heterocycles. The second-order valence-corrected chi connectivity index (χ2v) is 8.89. The zero-order valence-electron chi connectivity index (χ0n) is 17.9. The van der Waals surface area contributed by atoms with Crippen molar-refractivity contribution in [2.24, 2.45) is 0 Å². The second kappa shape index (κ2) is 10.3. The Morgan fingerprint density at radius 3 is 1.74 bits per heavy atom. The Morgan fingerprint density at radius 1 is 0.742 bits per heavy atom. The molecule has 0 aliphatic rings. The van der Waals surface area contributed by atoms with Gasteiger partial charge in [0.25, 0.3) is 0 Å². The Bertz CT molecular complexity index is 1050. The van der Waals surface area contributed by atoms with Gasteiger partial charge in [-0.1, -0.05) is 36.4 Å². The topological polar surface area (TPSA) is 73.9 Å². The molecule has 1 N–H and O–H groups in total. The first-order valence-electron chi connectivity index (χ1n) is 9.85. The second-order valence-electron chi connectivity index (χ2n) is 7.02. The summed E-state index contributed by atoms with van der Waals surface area (Å²) in [6.07, 6.45) is 0.391. The van der Waals surface area contributed by atoms with Gasteiger partial charge < -0.3 is 14.2 Å². The van der Waals surface area contributed by atoms with E-state index in [0.717, 1.165) is 22.4 Å². The molecule has 0 spiro atoms. The average Bonchev–Trinajstić information content (AvgIpc) is 2.81. The summed E-state index contributed by atoms with van der Waals surface area (Å²) in [5.74, 6) is 2.01. The Morgan fingerprint density at radius 2 is 1.26 bits per heavy atom. The number of ether oxygens (including phenoxy) is 3. The van der Waals surface area contributed by atoms with Crippen molar-refractivity contribution in [1.29, 1.82) is 0 Å². The summed E-state index contributed by atoms with van der Waals surface area (Å²) in [7, 11) is 1.17. The Hall–Kier alpha value is -3.03. The molecule has 6 nitrogen and oxygen atoms in total. The monoisotopic (exact) mass is 441 g/mol. The molecular formula is C24H27NO5S. The van der Waals surface area contributed by atoms with E-state index in [9.17, 15) is 8.42 Å². The van der Waals surface area contributed by atoms with Crippen LogP contribution in [0.25, 0.3) is 0 Å². The molecule has 0 aromatic heterocycles. The fourth-order valence-electron chi connectivity index (χ4n) is 3.25. The van der Waals surface area contributed by atoms with Crippen molar-refractivity contribution in [3.8, 4) is 17.2 Å². The van der Waals surface area contributed by atoms with Gasteiger partial charge in [-0.3, -0.25) is 0 Å². The highest BCUT2D eigenvalue weighted by atomic mass is 32.2. The number of aryl methyl sites for hydroxylation is 1. The highest BCUT2D eigenvalue weighted by molar-refractivity contribution is 7.89. The molecular weight excluding hydrogens is 414 g/mol. The zero-order valence-corrected chi connectivity index (χ0v) is 18.7. The average molecular weight is 442 g/mol. The van der Waals surface area contributed by atoms with E-state index in [1.807, 2.05) is 72.8 Å². The van der Waals surface area contributed by atoms with E-state index in [-0.39, 0.29) is 5.75 Å². The van der Waals surface area contributed by atoms with Gasteiger partial charge in [0.2, 0.25) is 10.0 Å². The summed E-state index contributed by atoms with van der Waals surface area (Å²) < 4.78 is 44.7. The third-order valence-corrected chi connectivity index (χ3v) is 6.31. The van der Waals surface area contributed by atoms with Gasteiger partial charge in [-0.25, -0.2) is 13.1 Å². The Balaban J connectivity index is 1.85. The molecule has 3 aromatic carbocycles. The van der Waals surface area contributed by atoms with Gasteiger partial charge in [0, 0.05) is 0 Å². The molecule has 7 heteroatoms. The fraction of sp³-hybridized carbons (Fsp3) is 0.250. The minimum Gasteiger partial charge on any atom is -0.497 e. The Kier molecular flexibility index (Phi) is 7.55. The zero-order chi connectivity index (χ0) is 22.3. The van der Waals surface area contributed by atoms with Crippen molar-refractivity contribution < 1.29 is 22.6 Å². The first-order chi connectivity index (χ1) is 14.9. The highest BCUT2D eigenvalue weighted by Crippen LogP contribution is 2.28. The largest absolute Gasteiger partial charge is 0.497 e. The highest BCUT2D eigenvalue weighted by Gasteiger charge is 2.22. The molecule has 31 heavy (non-hydrogen) atoms. The van der Waals surface area contributed by atoms with Crippen LogP contribution in [0.4, 0.5) is 0 Å². The molecule has 3 aromatic rings. The molecule has 0 bridgehead atoms. The lowest BCUT2D eigenvalue weighted by Gasteiger charge is -2.21. The molecule has 3 rings (SSSR count). The third-order valence-electron chi connectivity index (χ3n) is 4.97. The van der Waals surface area contributed by atoms with Gasteiger partial charge in [0.05, 0.1) is 33.1 Å². The van der Waals surface area contributed by atoms with Crippen LogP contribution in [-0.4, -0.2) is 35.5 Å². The van der Waals surface area contributed by atoms with Gasteiger partial charge >= 0.3 is 0 Å². The summed E-state index contributed by atoms with van der Waals surface area (Å²) in [6.45, 7) is 0. The maximum absolute atomic E-state index is 13.0. The fourth-order valence-corrected chi connectivity index (χ4v) is 4.51. The minimum absolute atomic E-state index is 0.0379. The number of nitrogens with one attached hydrogen (secondary N) is 1. The maximum Gasteiger partial charge on any atom is 0.212 e. The number of hydrogen-bond donors (Lipinski definition) is 1. The molecule has 164 valence electrons. The smallest absolute Gasteiger partial charge is 0.212 e. The van der Waals surface area contributed by atoms with Crippen LogP contribution in [0.5, 0.6) is 17.2 Å². The molecule has 0 heterocycles. The van der Waals surface area contributed by atoms with E-state index in [1.165, 1.54) is 0 Å². The van der Waals surface area contributed by atoms with Crippen LogP contribution in [0.1, 0.15) is 22.7 Å². The van der Waals surface area contributed by atoms with Crippen molar-refractivity contribution in [3.63, 3.8) is 0 Å². The first kappa shape index (κ1) is 22.7. The minimum atomic E-state index is -3.59. The van der Waals surface area contributed by atoms with E-state index in [1.54, 1.807) is 21.3 Å². The number of hydrogen-bond acceptors (Lipinski definition) is 5. The standard InChI is InChI=1S/C24H27NO5S/c1-28-21-12-10-18(11-13-21)14-15-31(26,27)25-24(19-6-4-8-22(16-19)29-2)20-7-5-9-23(17-20)30-3/h4-13,16-17,24-25H,14-15H2,1-3H3. The van der Waals surface area contributed by atoms with Crippen molar-refractivity contribution >= 4 is 10.0 Å². The van der Waals surface area contributed by atoms with E-state index < -0.39 is 16.1 Å². The summed E-state index contributed by atoms with van der Waals surface area (Å²) in [4.78, 5) is 0. The molecule has 0 radical (unpaired) electrons. The van der Waals surface area contributed by atoms with Crippen molar-refractivity contribution in [1.82, 2.24) is 4.72 Å². The van der Waals surface area contributed by atoms with E-state index in [2.05, 4.69) is 4.72 Å². The van der Waals surface area contributed by atoms with Gasteiger partial charge in [-0.05, 0) is 59.5 Å². The van der Waals surface area contributed by atoms with Crippen LogP contribution in [0.3, 0.4) is 0 Å². The number of rotatable bonds is 10. The van der Waals surface area contributed by atoms with E-state index in [0.29, 0.717) is 17.9 Å². The summed E-state index contributed by atoms with van der Waals surface area (Å²) in [5.41, 5.74) is 2.48. The molecule has 0 aliphatic carbocycles. The van der Waals surface area contributed by atoms with Gasteiger partial charge in [0.15, 0.2) is 0 Å². The third kappa shape index (κ3) is 6.23. The van der Waals surface area contributed by atoms with Gasteiger partial charge in [-0.15, -0.1) is 0 Å². The molecule has 0 fully saturated rings.